The molecule has 0 aliphatic carbocycles. The Kier molecular flexibility index (Phi) is 4.29. The third-order valence-corrected chi connectivity index (χ3v) is 2.94. The molecule has 0 spiro atoms. The van der Waals surface area contributed by atoms with Gasteiger partial charge in [-0.3, -0.25) is 0 Å². The molecule has 0 radical (unpaired) electrons. The van der Waals surface area contributed by atoms with Crippen LogP contribution in [0, 0.1) is 5.92 Å². The first-order valence-corrected chi connectivity index (χ1v) is 5.33. The van der Waals surface area contributed by atoms with Gasteiger partial charge in [-0.15, -0.1) is 0 Å². The zero-order valence-corrected chi connectivity index (χ0v) is 8.97. The fraction of sp³-hybridized carbons (Fsp3) is 0.818. The molecule has 1 saturated heterocycles. The molecule has 0 aromatic rings. The number of piperidine rings is 1. The Labute approximate surface area is 82.0 Å². The van der Waals surface area contributed by atoms with Crippen molar-refractivity contribution in [1.82, 2.24) is 10.2 Å². The third kappa shape index (κ3) is 3.39. The van der Waals surface area contributed by atoms with Gasteiger partial charge in [-0.25, -0.2) is 0 Å². The summed E-state index contributed by atoms with van der Waals surface area (Å²) in [6.45, 7) is 9.79. The minimum absolute atomic E-state index is 0.870. The molecule has 2 nitrogen and oxygen atoms in total. The van der Waals surface area contributed by atoms with Crippen LogP contribution in [-0.4, -0.2) is 31.6 Å². The number of nitrogens with one attached hydrogen (secondary N) is 1. The van der Waals surface area contributed by atoms with E-state index >= 15 is 0 Å². The highest BCUT2D eigenvalue weighted by molar-refractivity contribution is 4.91. The summed E-state index contributed by atoms with van der Waals surface area (Å²) in [6, 6.07) is 0. The second kappa shape index (κ2) is 5.28. The van der Waals surface area contributed by atoms with Gasteiger partial charge in [-0.05, 0) is 38.3 Å². The van der Waals surface area contributed by atoms with E-state index in [1.54, 1.807) is 0 Å². The van der Waals surface area contributed by atoms with E-state index in [1.165, 1.54) is 38.2 Å². The third-order valence-electron chi connectivity index (χ3n) is 2.94. The number of hydrogen-bond donors (Lipinski definition) is 1. The molecule has 1 rings (SSSR count). The molecule has 0 atom stereocenters. The molecule has 0 aromatic heterocycles. The largest absolute Gasteiger partial charge is 0.378 e. The molecular weight excluding hydrogens is 160 g/mol. The van der Waals surface area contributed by atoms with Crippen molar-refractivity contribution in [2.45, 2.75) is 26.2 Å². The van der Waals surface area contributed by atoms with Gasteiger partial charge in [-0.1, -0.05) is 13.5 Å². The highest BCUT2D eigenvalue weighted by Crippen LogP contribution is 2.15. The van der Waals surface area contributed by atoms with Crippen LogP contribution in [0.25, 0.3) is 0 Å². The Bertz CT molecular complexity index is 159. The Morgan fingerprint density at radius 2 is 2.08 bits per heavy atom. The topological polar surface area (TPSA) is 15.3 Å². The Morgan fingerprint density at radius 1 is 1.46 bits per heavy atom. The van der Waals surface area contributed by atoms with E-state index in [2.05, 4.69) is 30.8 Å². The summed E-state index contributed by atoms with van der Waals surface area (Å²) in [5.41, 5.74) is 1.26. The molecule has 0 aromatic carbocycles. The predicted octanol–water partition coefficient (Wildman–Crippen LogP) is 1.84. The lowest BCUT2D eigenvalue weighted by Crippen LogP contribution is -2.34. The van der Waals surface area contributed by atoms with Crippen molar-refractivity contribution >= 4 is 0 Å². The van der Waals surface area contributed by atoms with Crippen LogP contribution in [0.2, 0.25) is 0 Å². The zero-order chi connectivity index (χ0) is 9.68. The highest BCUT2D eigenvalue weighted by atomic mass is 15.1. The van der Waals surface area contributed by atoms with Crippen LogP contribution in [0.1, 0.15) is 26.2 Å². The van der Waals surface area contributed by atoms with Crippen molar-refractivity contribution in [2.75, 3.05) is 26.7 Å². The summed E-state index contributed by atoms with van der Waals surface area (Å²) < 4.78 is 0. The van der Waals surface area contributed by atoms with Gasteiger partial charge in [0, 0.05) is 19.3 Å². The number of nitrogens with zero attached hydrogens (tertiary/aromatic N) is 1. The SMILES string of the molecule is C=C(CC)N(C)CC1CCNCC1. The summed E-state index contributed by atoms with van der Waals surface area (Å²) in [5.74, 6) is 0.870. The second-order valence-electron chi connectivity index (χ2n) is 3.99. The number of rotatable bonds is 4. The van der Waals surface area contributed by atoms with E-state index in [9.17, 15) is 0 Å². The summed E-state index contributed by atoms with van der Waals surface area (Å²) in [4.78, 5) is 2.32. The maximum absolute atomic E-state index is 4.05. The highest BCUT2D eigenvalue weighted by Gasteiger charge is 2.14. The summed E-state index contributed by atoms with van der Waals surface area (Å²) in [5, 5.41) is 3.39. The predicted molar refractivity (Wildman–Crippen MR) is 57.7 cm³/mol. The first-order valence-electron chi connectivity index (χ1n) is 5.33. The van der Waals surface area contributed by atoms with Crippen LogP contribution in [0.3, 0.4) is 0 Å². The molecule has 0 bridgehead atoms. The van der Waals surface area contributed by atoms with Gasteiger partial charge in [-0.2, -0.15) is 0 Å². The molecule has 0 unspecified atom stereocenters. The van der Waals surface area contributed by atoms with E-state index in [0.29, 0.717) is 0 Å². The molecule has 1 aliphatic heterocycles. The van der Waals surface area contributed by atoms with Crippen molar-refractivity contribution in [3.8, 4) is 0 Å². The van der Waals surface area contributed by atoms with Gasteiger partial charge < -0.3 is 10.2 Å². The van der Waals surface area contributed by atoms with Gasteiger partial charge in [0.15, 0.2) is 0 Å². The van der Waals surface area contributed by atoms with E-state index in [0.717, 1.165) is 12.3 Å². The molecule has 76 valence electrons. The van der Waals surface area contributed by atoms with E-state index in [1.807, 2.05) is 0 Å². The normalized spacial score (nSPS) is 18.6. The Morgan fingerprint density at radius 3 is 2.62 bits per heavy atom. The molecule has 1 aliphatic rings. The van der Waals surface area contributed by atoms with Crippen LogP contribution < -0.4 is 5.32 Å². The summed E-state index contributed by atoms with van der Waals surface area (Å²) >= 11 is 0. The van der Waals surface area contributed by atoms with Gasteiger partial charge in [0.05, 0.1) is 0 Å². The maximum Gasteiger partial charge on any atom is 0.0200 e. The fourth-order valence-electron chi connectivity index (χ4n) is 1.85. The Hall–Kier alpha value is -0.500. The lowest BCUT2D eigenvalue weighted by atomic mass is 9.97. The van der Waals surface area contributed by atoms with Gasteiger partial charge in [0.2, 0.25) is 0 Å². The standard InChI is InChI=1S/C11H22N2/c1-4-10(2)13(3)9-11-5-7-12-8-6-11/h11-12H,2,4-9H2,1,3H3. The molecule has 1 N–H and O–H groups in total. The van der Waals surface area contributed by atoms with Gasteiger partial charge in [0.25, 0.3) is 0 Å². The van der Waals surface area contributed by atoms with Crippen molar-refractivity contribution in [2.24, 2.45) is 5.92 Å². The van der Waals surface area contributed by atoms with Crippen LogP contribution in [0.5, 0.6) is 0 Å². The van der Waals surface area contributed by atoms with Crippen LogP contribution in [0.4, 0.5) is 0 Å². The van der Waals surface area contributed by atoms with E-state index < -0.39 is 0 Å². The first kappa shape index (κ1) is 10.6. The second-order valence-corrected chi connectivity index (χ2v) is 3.99. The van der Waals surface area contributed by atoms with E-state index in [4.69, 9.17) is 0 Å². The van der Waals surface area contributed by atoms with Crippen molar-refractivity contribution < 1.29 is 0 Å². The average molecular weight is 182 g/mol. The fourth-order valence-corrected chi connectivity index (χ4v) is 1.85. The number of hydrogen-bond acceptors (Lipinski definition) is 2. The molecule has 1 fully saturated rings. The molecule has 2 heteroatoms. The summed E-state index contributed by atoms with van der Waals surface area (Å²) in [7, 11) is 2.16. The molecule has 13 heavy (non-hydrogen) atoms. The van der Waals surface area contributed by atoms with Gasteiger partial charge in [0.1, 0.15) is 0 Å². The van der Waals surface area contributed by atoms with Crippen LogP contribution in [-0.2, 0) is 0 Å². The van der Waals surface area contributed by atoms with Crippen LogP contribution >= 0.6 is 0 Å². The van der Waals surface area contributed by atoms with Crippen molar-refractivity contribution in [1.29, 1.82) is 0 Å². The van der Waals surface area contributed by atoms with Crippen molar-refractivity contribution in [3.63, 3.8) is 0 Å². The zero-order valence-electron chi connectivity index (χ0n) is 8.97. The maximum atomic E-state index is 4.05. The molecule has 0 amide bonds. The Balaban J connectivity index is 2.25. The average Bonchev–Trinajstić information content (AvgIpc) is 2.18. The first-order chi connectivity index (χ1) is 6.24. The van der Waals surface area contributed by atoms with E-state index in [-0.39, 0.29) is 0 Å². The minimum Gasteiger partial charge on any atom is -0.378 e. The quantitative estimate of drug-likeness (QED) is 0.713. The monoisotopic (exact) mass is 182 g/mol. The lowest BCUT2D eigenvalue weighted by molar-refractivity contribution is 0.275. The van der Waals surface area contributed by atoms with Crippen LogP contribution in [0.15, 0.2) is 12.3 Å². The summed E-state index contributed by atoms with van der Waals surface area (Å²) in [6.07, 6.45) is 3.71. The number of allylic oxidation sites excluding steroid dienone is 1. The lowest BCUT2D eigenvalue weighted by Gasteiger charge is -2.29. The molecule has 1 heterocycles. The van der Waals surface area contributed by atoms with Crippen molar-refractivity contribution in [3.05, 3.63) is 12.3 Å². The molecule has 0 saturated carbocycles. The molecular formula is C11H22N2. The smallest absolute Gasteiger partial charge is 0.0200 e. The van der Waals surface area contributed by atoms with Gasteiger partial charge >= 0.3 is 0 Å². The minimum atomic E-state index is 0.870.